The van der Waals surface area contributed by atoms with Gasteiger partial charge < -0.3 is 16.0 Å². The summed E-state index contributed by atoms with van der Waals surface area (Å²) >= 11 is 0. The summed E-state index contributed by atoms with van der Waals surface area (Å²) < 4.78 is 25.7. The summed E-state index contributed by atoms with van der Waals surface area (Å²) in [5.41, 5.74) is 0.453. The molecule has 0 spiro atoms. The number of carbonyl (C=O) groups excluding carboxylic acids is 2. The van der Waals surface area contributed by atoms with Crippen molar-refractivity contribution in [3.8, 4) is 0 Å². The van der Waals surface area contributed by atoms with Gasteiger partial charge in [0.05, 0.1) is 11.4 Å². The van der Waals surface area contributed by atoms with Crippen LogP contribution in [0.2, 0.25) is 0 Å². The predicted molar refractivity (Wildman–Crippen MR) is 124 cm³/mol. The highest BCUT2D eigenvalue weighted by molar-refractivity contribution is 7.89. The molecule has 9 nitrogen and oxygen atoms in total. The number of urea groups is 1. The average molecular weight is 466 g/mol. The summed E-state index contributed by atoms with van der Waals surface area (Å²) in [5, 5.41) is 8.94. The fourth-order valence-corrected chi connectivity index (χ4v) is 5.19. The number of anilines is 1. The molecule has 0 bridgehead atoms. The Morgan fingerprint density at radius 2 is 1.62 bits per heavy atom. The van der Waals surface area contributed by atoms with Crippen molar-refractivity contribution in [2.75, 3.05) is 39.0 Å². The van der Waals surface area contributed by atoms with Crippen molar-refractivity contribution in [3.05, 3.63) is 24.3 Å². The average Bonchev–Trinajstić information content (AvgIpc) is 2.76. The van der Waals surface area contributed by atoms with Crippen LogP contribution in [0.5, 0.6) is 0 Å². The maximum absolute atomic E-state index is 12.5. The molecule has 10 heteroatoms. The van der Waals surface area contributed by atoms with Gasteiger partial charge >= 0.3 is 6.03 Å². The van der Waals surface area contributed by atoms with Crippen molar-refractivity contribution in [1.29, 1.82) is 0 Å². The van der Waals surface area contributed by atoms with E-state index in [-0.39, 0.29) is 29.4 Å². The Bertz CT molecular complexity index is 891. The summed E-state index contributed by atoms with van der Waals surface area (Å²) in [7, 11) is -0.614. The van der Waals surface area contributed by atoms with Crippen LogP contribution in [-0.2, 0) is 14.8 Å². The molecule has 1 heterocycles. The van der Waals surface area contributed by atoms with E-state index in [4.69, 9.17) is 0 Å². The van der Waals surface area contributed by atoms with Gasteiger partial charge in [-0.25, -0.2) is 17.5 Å². The zero-order valence-corrected chi connectivity index (χ0v) is 19.8. The lowest BCUT2D eigenvalue weighted by Gasteiger charge is -2.32. The topological polar surface area (TPSA) is 111 Å². The molecule has 1 aromatic rings. The quantitative estimate of drug-likeness (QED) is 0.570. The molecule has 2 aliphatic rings. The molecule has 1 aromatic carbocycles. The van der Waals surface area contributed by atoms with Crippen LogP contribution in [0.25, 0.3) is 0 Å². The number of nitrogens with zero attached hydrogens (tertiary/aromatic N) is 2. The molecule has 3 rings (SSSR count). The van der Waals surface area contributed by atoms with Crippen molar-refractivity contribution >= 4 is 27.6 Å². The van der Waals surface area contributed by atoms with Crippen molar-refractivity contribution < 1.29 is 18.0 Å². The molecular formula is C22H35N5O4S. The third-order valence-electron chi connectivity index (χ3n) is 6.13. The maximum Gasteiger partial charge on any atom is 0.315 e. The Morgan fingerprint density at radius 3 is 2.25 bits per heavy atom. The van der Waals surface area contributed by atoms with E-state index in [1.54, 1.807) is 12.1 Å². The van der Waals surface area contributed by atoms with Crippen molar-refractivity contribution in [2.24, 2.45) is 0 Å². The van der Waals surface area contributed by atoms with Crippen molar-refractivity contribution in [2.45, 2.75) is 61.9 Å². The van der Waals surface area contributed by atoms with Crippen LogP contribution in [0.4, 0.5) is 10.5 Å². The van der Waals surface area contributed by atoms with E-state index < -0.39 is 10.0 Å². The van der Waals surface area contributed by atoms with Crippen LogP contribution in [0.15, 0.2) is 29.2 Å². The van der Waals surface area contributed by atoms with E-state index in [1.165, 1.54) is 45.5 Å². The van der Waals surface area contributed by atoms with Crippen LogP contribution >= 0.6 is 0 Å². The summed E-state index contributed by atoms with van der Waals surface area (Å²) in [6.07, 6.45) is 7.33. The molecule has 3 amide bonds. The second-order valence-corrected chi connectivity index (χ2v) is 11.0. The fraction of sp³-hybridized carbons (Fsp3) is 0.636. The second kappa shape index (κ2) is 11.1. The van der Waals surface area contributed by atoms with Crippen LogP contribution < -0.4 is 16.0 Å². The van der Waals surface area contributed by atoms with Gasteiger partial charge in [-0.15, -0.1) is 0 Å². The Morgan fingerprint density at radius 1 is 1.00 bits per heavy atom. The number of rotatable bonds is 7. The standard InChI is InChI=1S/C22H35N5O4S/c1-26(2)32(30,31)20-10-6-9-19(15-20)23-21(28)16-27-13-11-18(12-14-27)25-22(29)24-17-7-4-3-5-8-17/h6,9-10,15,17-18H,3-5,7-8,11-14,16H2,1-2H3,(H,23,28)(H2,24,25,29). The molecule has 0 atom stereocenters. The molecule has 178 valence electrons. The highest BCUT2D eigenvalue weighted by atomic mass is 32.2. The predicted octanol–water partition coefficient (Wildman–Crippen LogP) is 1.97. The minimum Gasteiger partial charge on any atom is -0.335 e. The molecule has 0 radical (unpaired) electrons. The molecule has 1 aliphatic carbocycles. The van der Waals surface area contributed by atoms with Gasteiger partial charge in [-0.2, -0.15) is 0 Å². The molecular weight excluding hydrogens is 430 g/mol. The van der Waals surface area contributed by atoms with Crippen LogP contribution in [-0.4, -0.2) is 75.4 Å². The van der Waals surface area contributed by atoms with E-state index >= 15 is 0 Å². The molecule has 3 N–H and O–H groups in total. The fourth-order valence-electron chi connectivity index (χ4n) is 4.24. The zero-order chi connectivity index (χ0) is 23.1. The Labute approximate surface area is 191 Å². The van der Waals surface area contributed by atoms with E-state index in [0.717, 1.165) is 43.1 Å². The second-order valence-electron chi connectivity index (χ2n) is 8.87. The van der Waals surface area contributed by atoms with E-state index in [1.807, 2.05) is 4.90 Å². The summed E-state index contributed by atoms with van der Waals surface area (Å²) in [5.74, 6) is -0.189. The maximum atomic E-state index is 12.5. The lowest BCUT2D eigenvalue weighted by molar-refractivity contribution is -0.117. The van der Waals surface area contributed by atoms with Gasteiger partial charge in [-0.1, -0.05) is 25.3 Å². The van der Waals surface area contributed by atoms with Gasteiger partial charge in [0.15, 0.2) is 0 Å². The van der Waals surface area contributed by atoms with Crippen molar-refractivity contribution in [3.63, 3.8) is 0 Å². The summed E-state index contributed by atoms with van der Waals surface area (Å²) in [6.45, 7) is 1.67. The summed E-state index contributed by atoms with van der Waals surface area (Å²) in [6, 6.07) is 6.58. The van der Waals surface area contributed by atoms with Crippen LogP contribution in [0, 0.1) is 0 Å². The Kier molecular flexibility index (Phi) is 8.50. The normalized spacial score (nSPS) is 19.0. The largest absolute Gasteiger partial charge is 0.335 e. The van der Waals surface area contributed by atoms with Crippen LogP contribution in [0.1, 0.15) is 44.9 Å². The molecule has 1 aliphatic heterocycles. The number of benzene rings is 1. The minimum atomic E-state index is -3.56. The number of piperidine rings is 1. The van der Waals surface area contributed by atoms with Gasteiger partial charge in [0.2, 0.25) is 15.9 Å². The Balaban J connectivity index is 1.41. The van der Waals surface area contributed by atoms with E-state index in [9.17, 15) is 18.0 Å². The number of likely N-dealkylation sites (tertiary alicyclic amines) is 1. The van der Waals surface area contributed by atoms with Gasteiger partial charge in [-0.3, -0.25) is 9.69 Å². The monoisotopic (exact) mass is 465 g/mol. The number of hydrogen-bond acceptors (Lipinski definition) is 5. The van der Waals surface area contributed by atoms with Crippen molar-refractivity contribution in [1.82, 2.24) is 19.8 Å². The van der Waals surface area contributed by atoms with Gasteiger partial charge in [0.1, 0.15) is 0 Å². The summed E-state index contributed by atoms with van der Waals surface area (Å²) in [4.78, 5) is 26.9. The van der Waals surface area contributed by atoms with Crippen LogP contribution in [0.3, 0.4) is 0 Å². The number of sulfonamides is 1. The SMILES string of the molecule is CN(C)S(=O)(=O)c1cccc(NC(=O)CN2CCC(NC(=O)NC3CCCCC3)CC2)c1. The third kappa shape index (κ3) is 6.91. The van der Waals surface area contributed by atoms with Gasteiger partial charge in [-0.05, 0) is 43.9 Å². The highest BCUT2D eigenvalue weighted by Gasteiger charge is 2.24. The smallest absolute Gasteiger partial charge is 0.315 e. The first-order valence-electron chi connectivity index (χ1n) is 11.4. The molecule has 1 saturated heterocycles. The Hall–Kier alpha value is -2.17. The lowest BCUT2D eigenvalue weighted by atomic mass is 9.96. The zero-order valence-electron chi connectivity index (χ0n) is 19.0. The molecule has 1 saturated carbocycles. The number of carbonyl (C=O) groups is 2. The van der Waals surface area contributed by atoms with E-state index in [2.05, 4.69) is 16.0 Å². The number of hydrogen-bond donors (Lipinski definition) is 3. The molecule has 2 fully saturated rings. The first kappa shape index (κ1) is 24.5. The highest BCUT2D eigenvalue weighted by Crippen LogP contribution is 2.19. The first-order chi connectivity index (χ1) is 15.2. The van der Waals surface area contributed by atoms with Gasteiger partial charge in [0.25, 0.3) is 0 Å². The third-order valence-corrected chi connectivity index (χ3v) is 7.94. The lowest BCUT2D eigenvalue weighted by Crippen LogP contribution is -2.51. The van der Waals surface area contributed by atoms with Gasteiger partial charge in [0, 0.05) is 45.0 Å². The molecule has 32 heavy (non-hydrogen) atoms. The minimum absolute atomic E-state index is 0.0827. The van der Waals surface area contributed by atoms with E-state index in [0.29, 0.717) is 11.7 Å². The molecule has 0 aromatic heterocycles. The number of nitrogens with one attached hydrogen (secondary N) is 3. The number of amides is 3. The molecule has 0 unspecified atom stereocenters. The first-order valence-corrected chi connectivity index (χ1v) is 12.8.